The number of furan rings is 1. The van der Waals surface area contributed by atoms with Crippen LogP contribution in [0.1, 0.15) is 28.0 Å². The molecule has 6 nitrogen and oxygen atoms in total. The fraction of sp³-hybridized carbons (Fsp3) is 0.400. The molecule has 1 amide bonds. The van der Waals surface area contributed by atoms with Gasteiger partial charge in [0.25, 0.3) is 0 Å². The monoisotopic (exact) mass is 357 g/mol. The lowest BCUT2D eigenvalue weighted by Gasteiger charge is -2.10. The minimum Gasteiger partial charge on any atom is -0.461 e. The zero-order valence-electron chi connectivity index (χ0n) is 15.7. The maximum Gasteiger partial charge on any atom is 0.340 e. The molecule has 2 aromatic heterocycles. The van der Waals surface area contributed by atoms with Crippen molar-refractivity contribution in [1.29, 1.82) is 0 Å². The highest BCUT2D eigenvalue weighted by atomic mass is 16.5. The molecule has 6 heteroatoms. The van der Waals surface area contributed by atoms with E-state index in [2.05, 4.69) is 5.32 Å². The van der Waals surface area contributed by atoms with Gasteiger partial charge >= 0.3 is 5.63 Å². The zero-order valence-corrected chi connectivity index (χ0v) is 15.7. The molecule has 0 aliphatic heterocycles. The van der Waals surface area contributed by atoms with Crippen molar-refractivity contribution in [2.75, 3.05) is 20.3 Å². The molecule has 0 bridgehead atoms. The number of nitrogens with one attached hydrogen (secondary N) is 1. The van der Waals surface area contributed by atoms with Gasteiger partial charge in [0.15, 0.2) is 0 Å². The Morgan fingerprint density at radius 2 is 1.69 bits per heavy atom. The Morgan fingerprint density at radius 3 is 2.38 bits per heavy atom. The van der Waals surface area contributed by atoms with Crippen molar-refractivity contribution in [3.8, 4) is 0 Å². The second-order valence-electron chi connectivity index (χ2n) is 6.55. The maximum atomic E-state index is 12.5. The van der Waals surface area contributed by atoms with E-state index in [0.717, 1.165) is 38.8 Å². The van der Waals surface area contributed by atoms with Crippen LogP contribution in [-0.4, -0.2) is 26.2 Å². The first-order valence-corrected chi connectivity index (χ1v) is 8.56. The molecule has 0 spiro atoms. The standard InChI is InChI=1S/C20H23NO5/c1-10-13(4)25-18-12(3)19-15(8-14(10)18)11(2)16(20(23)26-19)9-17(22)21-6-7-24-5/h8H,6-7,9H2,1-5H3,(H,21,22). The van der Waals surface area contributed by atoms with E-state index in [4.69, 9.17) is 13.6 Å². The summed E-state index contributed by atoms with van der Waals surface area (Å²) in [4.78, 5) is 24.6. The average molecular weight is 357 g/mol. The summed E-state index contributed by atoms with van der Waals surface area (Å²) in [5.41, 5.74) is 3.77. The van der Waals surface area contributed by atoms with Crippen LogP contribution in [0.2, 0.25) is 0 Å². The van der Waals surface area contributed by atoms with Crippen LogP contribution in [0.4, 0.5) is 0 Å². The summed E-state index contributed by atoms with van der Waals surface area (Å²) in [7, 11) is 1.57. The van der Waals surface area contributed by atoms with Crippen LogP contribution in [0.15, 0.2) is 19.7 Å². The van der Waals surface area contributed by atoms with Gasteiger partial charge in [0.1, 0.15) is 16.9 Å². The summed E-state index contributed by atoms with van der Waals surface area (Å²) < 4.78 is 16.3. The first-order valence-electron chi connectivity index (χ1n) is 8.56. The fourth-order valence-electron chi connectivity index (χ4n) is 3.21. The minimum absolute atomic E-state index is 0.0195. The third-order valence-electron chi connectivity index (χ3n) is 4.91. The smallest absolute Gasteiger partial charge is 0.340 e. The number of hydrogen-bond donors (Lipinski definition) is 1. The first-order chi connectivity index (χ1) is 12.3. The highest BCUT2D eigenvalue weighted by molar-refractivity contribution is 6.00. The second kappa shape index (κ2) is 6.96. The van der Waals surface area contributed by atoms with Crippen LogP contribution in [-0.2, 0) is 16.0 Å². The van der Waals surface area contributed by atoms with Crippen molar-refractivity contribution >= 4 is 27.8 Å². The molecule has 0 saturated heterocycles. The lowest BCUT2D eigenvalue weighted by Crippen LogP contribution is -2.30. The number of methoxy groups -OCH3 is 1. The molecule has 138 valence electrons. The van der Waals surface area contributed by atoms with Crippen LogP contribution in [0.25, 0.3) is 21.9 Å². The summed E-state index contributed by atoms with van der Waals surface area (Å²) in [6.45, 7) is 8.48. The number of benzene rings is 1. The predicted molar refractivity (Wildman–Crippen MR) is 99.8 cm³/mol. The normalized spacial score (nSPS) is 11.4. The van der Waals surface area contributed by atoms with Crippen molar-refractivity contribution in [1.82, 2.24) is 5.32 Å². The predicted octanol–water partition coefficient (Wildman–Crippen LogP) is 3.08. The van der Waals surface area contributed by atoms with E-state index in [1.54, 1.807) is 7.11 Å². The van der Waals surface area contributed by atoms with Crippen molar-refractivity contribution in [3.63, 3.8) is 0 Å². The Morgan fingerprint density at radius 1 is 1.04 bits per heavy atom. The van der Waals surface area contributed by atoms with Crippen LogP contribution >= 0.6 is 0 Å². The van der Waals surface area contributed by atoms with E-state index in [-0.39, 0.29) is 12.3 Å². The first kappa shape index (κ1) is 18.2. The lowest BCUT2D eigenvalue weighted by atomic mass is 9.99. The number of carbonyl (C=O) groups is 1. The summed E-state index contributed by atoms with van der Waals surface area (Å²) in [6, 6.07) is 1.98. The molecule has 26 heavy (non-hydrogen) atoms. The quantitative estimate of drug-likeness (QED) is 0.560. The SMILES string of the molecule is COCCNC(=O)Cc1c(C)c2cc3c(C)c(C)oc3c(C)c2oc1=O. The van der Waals surface area contributed by atoms with E-state index >= 15 is 0 Å². The largest absolute Gasteiger partial charge is 0.461 e. The summed E-state index contributed by atoms with van der Waals surface area (Å²) in [5.74, 6) is 0.612. The zero-order chi connectivity index (χ0) is 19.0. The highest BCUT2D eigenvalue weighted by Crippen LogP contribution is 2.34. The summed E-state index contributed by atoms with van der Waals surface area (Å²) >= 11 is 0. The number of aryl methyl sites for hydroxylation is 4. The molecule has 0 aliphatic rings. The van der Waals surface area contributed by atoms with Gasteiger partial charge in [-0.1, -0.05) is 0 Å². The molecule has 1 aromatic carbocycles. The van der Waals surface area contributed by atoms with Gasteiger partial charge in [0, 0.05) is 30.0 Å². The van der Waals surface area contributed by atoms with Gasteiger partial charge in [-0.15, -0.1) is 0 Å². The molecule has 0 atom stereocenters. The minimum atomic E-state index is -0.487. The molecule has 0 saturated carbocycles. The Labute approximate surface area is 151 Å². The van der Waals surface area contributed by atoms with Gasteiger partial charge in [-0.2, -0.15) is 0 Å². The molecule has 1 N–H and O–H groups in total. The van der Waals surface area contributed by atoms with Crippen molar-refractivity contribution in [3.05, 3.63) is 44.5 Å². The van der Waals surface area contributed by atoms with Gasteiger partial charge in [0.05, 0.1) is 18.6 Å². The van der Waals surface area contributed by atoms with Gasteiger partial charge in [-0.3, -0.25) is 4.79 Å². The Bertz CT molecular complexity index is 1060. The summed E-state index contributed by atoms with van der Waals surface area (Å²) in [6.07, 6.45) is -0.0195. The number of hydrogen-bond acceptors (Lipinski definition) is 5. The number of rotatable bonds is 5. The third-order valence-corrected chi connectivity index (χ3v) is 4.91. The van der Waals surface area contributed by atoms with Crippen LogP contribution in [0.3, 0.4) is 0 Å². The molecule has 0 aliphatic carbocycles. The second-order valence-corrected chi connectivity index (χ2v) is 6.55. The van der Waals surface area contributed by atoms with Gasteiger partial charge in [-0.05, 0) is 44.9 Å². The Kier molecular flexibility index (Phi) is 4.87. The van der Waals surface area contributed by atoms with Crippen molar-refractivity contribution < 1.29 is 18.4 Å². The van der Waals surface area contributed by atoms with Crippen LogP contribution < -0.4 is 10.9 Å². The van der Waals surface area contributed by atoms with Crippen LogP contribution in [0, 0.1) is 27.7 Å². The fourth-order valence-corrected chi connectivity index (χ4v) is 3.21. The highest BCUT2D eigenvalue weighted by Gasteiger charge is 2.19. The molecular formula is C20H23NO5. The molecule has 0 fully saturated rings. The number of fused-ring (bicyclic) bond motifs is 2. The molecule has 3 aromatic rings. The molecule has 2 heterocycles. The van der Waals surface area contributed by atoms with Gasteiger partial charge in [-0.25, -0.2) is 4.79 Å². The third kappa shape index (κ3) is 3.01. The van der Waals surface area contributed by atoms with Gasteiger partial charge < -0.3 is 18.9 Å². The number of ether oxygens (including phenoxy) is 1. The molecule has 0 unspecified atom stereocenters. The molecule has 3 rings (SSSR count). The van der Waals surface area contributed by atoms with Gasteiger partial charge in [0.2, 0.25) is 5.91 Å². The Balaban J connectivity index is 2.12. The maximum absolute atomic E-state index is 12.5. The van der Waals surface area contributed by atoms with E-state index in [1.807, 2.05) is 33.8 Å². The Hall–Kier alpha value is -2.60. The number of carbonyl (C=O) groups excluding carboxylic acids is 1. The number of amides is 1. The van der Waals surface area contributed by atoms with E-state index in [9.17, 15) is 9.59 Å². The van der Waals surface area contributed by atoms with Crippen LogP contribution in [0.5, 0.6) is 0 Å². The molecule has 0 radical (unpaired) electrons. The average Bonchev–Trinajstić information content (AvgIpc) is 2.89. The topological polar surface area (TPSA) is 81.7 Å². The van der Waals surface area contributed by atoms with E-state index in [1.165, 1.54) is 0 Å². The summed E-state index contributed by atoms with van der Waals surface area (Å²) in [5, 5.41) is 4.56. The van der Waals surface area contributed by atoms with Crippen molar-refractivity contribution in [2.24, 2.45) is 0 Å². The lowest BCUT2D eigenvalue weighted by molar-refractivity contribution is -0.120. The van der Waals surface area contributed by atoms with E-state index < -0.39 is 5.63 Å². The van der Waals surface area contributed by atoms with Crippen molar-refractivity contribution in [2.45, 2.75) is 34.1 Å². The van der Waals surface area contributed by atoms with E-state index in [0.29, 0.717) is 24.3 Å². The molecular weight excluding hydrogens is 334 g/mol.